The lowest BCUT2D eigenvalue weighted by atomic mass is 9.94. The van der Waals surface area contributed by atoms with Crippen LogP contribution in [0.3, 0.4) is 0 Å². The number of amides is 1. The number of carbonyl (C=O) groups is 1. The van der Waals surface area contributed by atoms with Crippen LogP contribution in [0.15, 0.2) is 45.6 Å². The number of nitrogens with one attached hydrogen (secondary N) is 3. The highest BCUT2D eigenvalue weighted by Gasteiger charge is 2.53. The van der Waals surface area contributed by atoms with E-state index in [0.29, 0.717) is 0 Å². The number of ether oxygens (including phenoxy) is 4. The number of aliphatic hydroxyl groups excluding tert-OH is 3. The Bertz CT molecular complexity index is 3410. The molecule has 3 saturated heterocycles. The molecule has 0 saturated carbocycles. The van der Waals surface area contributed by atoms with Gasteiger partial charge in [0.1, 0.15) is 48.5 Å². The minimum Gasteiger partial charge on any atom is -0.387 e. The molecule has 38 nitrogen and oxygen atoms in total. The molecule has 5 unspecified atom stereocenters. The van der Waals surface area contributed by atoms with Gasteiger partial charge in [-0.05, 0) is 0 Å². The molecule has 8 rings (SSSR count). The van der Waals surface area contributed by atoms with E-state index in [2.05, 4.69) is 38.6 Å². The number of nitrogen functional groups attached to an aromatic ring is 2. The molecule has 8 heterocycles. The van der Waals surface area contributed by atoms with Crippen LogP contribution < -0.4 is 37.9 Å². The number of H-pyrrole nitrogens is 2. The lowest BCUT2D eigenvalue weighted by Gasteiger charge is -2.27. The lowest BCUT2D eigenvalue weighted by molar-refractivity contribution is -0.646. The third-order valence-electron chi connectivity index (χ3n) is 12.2. The Labute approximate surface area is 429 Å². The molecule has 77 heavy (non-hydrogen) atoms. The summed E-state index contributed by atoms with van der Waals surface area (Å²) in [5.74, 6) is -2.17. The summed E-state index contributed by atoms with van der Waals surface area (Å²) in [7, 11) is -17.9. The van der Waals surface area contributed by atoms with Crippen molar-refractivity contribution in [2.45, 2.75) is 73.9 Å². The molecule has 3 aliphatic rings. The van der Waals surface area contributed by atoms with E-state index in [0.717, 1.165) is 36.6 Å². The molecule has 5 aromatic heterocycles. The zero-order chi connectivity index (χ0) is 56.3. The quantitative estimate of drug-likeness (QED) is 0.0243. The van der Waals surface area contributed by atoms with Crippen molar-refractivity contribution in [1.29, 1.82) is 0 Å². The van der Waals surface area contributed by atoms with Gasteiger partial charge in [0.25, 0.3) is 16.7 Å². The van der Waals surface area contributed by atoms with E-state index >= 15 is 0 Å². The maximum absolute atomic E-state index is 13.7. The number of phosphoric ester groups is 2. The second-order valence-corrected chi connectivity index (χ2v) is 23.7. The molecule has 424 valence electrons. The third-order valence-corrected chi connectivity index (χ3v) is 17.6. The van der Waals surface area contributed by atoms with Crippen molar-refractivity contribution >= 4 is 71.2 Å². The Morgan fingerprint density at radius 3 is 2.08 bits per heavy atom. The van der Waals surface area contributed by atoms with E-state index in [1.165, 1.54) is 46.1 Å². The van der Waals surface area contributed by atoms with Gasteiger partial charge in [0.2, 0.25) is 24.4 Å². The summed E-state index contributed by atoms with van der Waals surface area (Å²) in [6.45, 7) is -3.23. The predicted molar refractivity (Wildman–Crippen MR) is 251 cm³/mol. The molecular weight excluding hydrogens is 1120 g/mol. The van der Waals surface area contributed by atoms with Crippen LogP contribution in [0.1, 0.15) is 25.1 Å². The number of hydrogen-bond acceptors (Lipinski definition) is 26. The maximum atomic E-state index is 13.7. The number of anilines is 2. The Balaban J connectivity index is 0.951. The molecule has 0 bridgehead atoms. The van der Waals surface area contributed by atoms with Crippen LogP contribution in [-0.2, 0) is 71.2 Å². The highest BCUT2D eigenvalue weighted by Crippen LogP contribution is 2.68. The van der Waals surface area contributed by atoms with E-state index in [4.69, 9.17) is 44.0 Å². The Hall–Kier alpha value is -5.11. The number of methoxy groups -OCH3 is 1. The molecule has 0 aromatic carbocycles. The SMILES string of the molecule is CO[C@@H]1C(NP(=O)(O)OC[C@H]2O[C@@H](n3ccc(=O)[nH]c3=O)[C@H](O)[C@@H]2O)[C@@H](COP(=O)(O)OP(=O)(O)OP(=O)(O)OC[C@H]2O[C@@H](n3c[n+](C)c4c(=O)[nH]c(N)nc43)[C@H](O)[C@@H]2CC(=O)N(C)C)O[C@H]1n1cnc2c(N)ncnc21. The van der Waals surface area contributed by atoms with E-state index < -0.39 is 154 Å². The van der Waals surface area contributed by atoms with Crippen molar-refractivity contribution in [3.8, 4) is 0 Å². The molecule has 0 spiro atoms. The number of aryl methyl sites for hydroxylation is 1. The summed E-state index contributed by atoms with van der Waals surface area (Å²) < 4.78 is 105. The first-order valence-corrected chi connectivity index (χ1v) is 28.2. The van der Waals surface area contributed by atoms with E-state index in [1.54, 1.807) is 0 Å². The van der Waals surface area contributed by atoms with Gasteiger partial charge in [-0.15, -0.1) is 0 Å². The third kappa shape index (κ3) is 12.5. The molecule has 42 heteroatoms. The zero-order valence-electron chi connectivity index (χ0n) is 40.2. The summed E-state index contributed by atoms with van der Waals surface area (Å²) >= 11 is 0. The van der Waals surface area contributed by atoms with Crippen LogP contribution in [-0.4, -0.2) is 179 Å². The monoisotopic (exact) mass is 1180 g/mol. The molecule has 16 atom stereocenters. The van der Waals surface area contributed by atoms with Gasteiger partial charge in [-0.3, -0.25) is 47.1 Å². The maximum Gasteiger partial charge on any atom is 0.490 e. The smallest absolute Gasteiger partial charge is 0.387 e. The second-order valence-electron chi connectivity index (χ2n) is 17.5. The van der Waals surface area contributed by atoms with Gasteiger partial charge in [-0.2, -0.15) is 18.2 Å². The average molecular weight is 1180 g/mol. The average Bonchev–Trinajstić information content (AvgIpc) is 4.13. The molecule has 3 fully saturated rings. The van der Waals surface area contributed by atoms with E-state index in [-0.39, 0.29) is 34.1 Å². The number of nitrogens with two attached hydrogens (primary N) is 2. The summed E-state index contributed by atoms with van der Waals surface area (Å²) in [6, 6.07) is -0.739. The van der Waals surface area contributed by atoms with Gasteiger partial charge >= 0.3 is 42.5 Å². The molecule has 0 aliphatic carbocycles. The number of aliphatic hydroxyl groups is 3. The molecule has 0 radical (unpaired) electrons. The number of rotatable bonds is 21. The molecule has 14 N–H and O–H groups in total. The van der Waals surface area contributed by atoms with Crippen molar-refractivity contribution in [1.82, 2.24) is 53.6 Å². The number of phosphoric acid groups is 3. The summed E-state index contributed by atoms with van der Waals surface area (Å²) in [5, 5.41) is 35.0. The summed E-state index contributed by atoms with van der Waals surface area (Å²) in [6.07, 6.45) is -12.0. The second kappa shape index (κ2) is 22.2. The van der Waals surface area contributed by atoms with Crippen molar-refractivity contribution in [2.24, 2.45) is 13.0 Å². The number of hydrogen-bond donors (Lipinski definition) is 12. The minimum absolute atomic E-state index is 0.00734. The van der Waals surface area contributed by atoms with Gasteiger partial charge in [0.15, 0.2) is 23.9 Å². The van der Waals surface area contributed by atoms with Crippen LogP contribution in [0.4, 0.5) is 11.8 Å². The number of aromatic nitrogens is 10. The van der Waals surface area contributed by atoms with Crippen LogP contribution in [0, 0.1) is 5.92 Å². The Morgan fingerprint density at radius 1 is 0.805 bits per heavy atom. The fourth-order valence-corrected chi connectivity index (χ4v) is 13.3. The number of carbonyl (C=O) groups excluding carboxylic acids is 1. The van der Waals surface area contributed by atoms with E-state index in [9.17, 15) is 72.3 Å². The number of aromatic amines is 2. The Kier molecular flexibility index (Phi) is 16.7. The number of nitrogens with zero attached hydrogens (tertiary/aromatic N) is 9. The lowest BCUT2D eigenvalue weighted by Crippen LogP contribution is -2.45. The van der Waals surface area contributed by atoms with Gasteiger partial charge in [-0.1, -0.05) is 0 Å². The molecule has 3 aliphatic heterocycles. The van der Waals surface area contributed by atoms with Crippen LogP contribution in [0.2, 0.25) is 0 Å². The highest BCUT2D eigenvalue weighted by atomic mass is 31.3. The zero-order valence-corrected chi connectivity index (χ0v) is 43.8. The summed E-state index contributed by atoms with van der Waals surface area (Å²) in [5.41, 5.74) is 9.23. The van der Waals surface area contributed by atoms with Gasteiger partial charge in [0.05, 0.1) is 45.3 Å². The van der Waals surface area contributed by atoms with Crippen molar-refractivity contribution in [3.05, 3.63) is 62.4 Å². The first-order valence-electron chi connectivity index (χ1n) is 22.2. The normalized spacial score (nSPS) is 29.8. The van der Waals surface area contributed by atoms with Crippen LogP contribution >= 0.6 is 31.2 Å². The highest BCUT2D eigenvalue weighted by molar-refractivity contribution is 7.66. The van der Waals surface area contributed by atoms with Gasteiger partial charge in [0, 0.05) is 45.8 Å². The summed E-state index contributed by atoms with van der Waals surface area (Å²) in [4.78, 5) is 114. The predicted octanol–water partition coefficient (Wildman–Crippen LogP) is -4.57. The molecular formula is C35H51N14O24P4+. The first kappa shape index (κ1) is 58.0. The van der Waals surface area contributed by atoms with Crippen molar-refractivity contribution < 1.29 is 104 Å². The minimum atomic E-state index is -6.22. The Morgan fingerprint density at radius 2 is 1.43 bits per heavy atom. The van der Waals surface area contributed by atoms with Crippen LogP contribution in [0.25, 0.3) is 22.3 Å². The topological polar surface area (TPSA) is 530 Å². The number of imidazole rings is 2. The molecule has 5 aromatic rings. The van der Waals surface area contributed by atoms with Gasteiger partial charge < -0.3 is 70.2 Å². The van der Waals surface area contributed by atoms with Crippen molar-refractivity contribution in [3.63, 3.8) is 0 Å². The molecule has 1 amide bonds. The standard InChI is InChI=1S/C35H50N14O24P4/c1-45(2)19(51)7-14-15(69-31(23(14)52)49-13-46(3)22-29(49)42-34(37)43-30(22)55)8-67-75(59,60)72-77(63,64)73-76(61,62)68-9-16-20(26(65-4)33(70-16)48-12-40-21-27(36)38-11-39-28(21)48)44-74(57,58)66-10-17-24(53)25(54)32(71-17)47-6-5-18(50)41-35(47)56/h5-6,11-17,20,23-26,31-33,52-54H,7-10H2,1-4H3,(H10-,36,37,38,39,41,42,43,44,50,55,56,57,58,59,60,61,62,63,64)/p+1/t14-,15-,16-,17-,20?,23-,24-,25-,26-,31-,32-,33-/m1/s1. The fraction of sp³-hybridized carbons (Fsp3) is 0.571. The van der Waals surface area contributed by atoms with Gasteiger partial charge in [-0.25, -0.2) is 47.7 Å². The largest absolute Gasteiger partial charge is 0.490 e. The van der Waals surface area contributed by atoms with Crippen molar-refractivity contribution in [2.75, 3.05) is 52.5 Å². The fourth-order valence-electron chi connectivity index (χ4n) is 8.63. The van der Waals surface area contributed by atoms with E-state index in [1.807, 2.05) is 4.98 Å². The number of fused-ring (bicyclic) bond motifs is 2. The first-order chi connectivity index (χ1) is 36.0. The van der Waals surface area contributed by atoms with Crippen LogP contribution in [0.5, 0.6) is 0 Å².